The van der Waals surface area contributed by atoms with Crippen molar-refractivity contribution in [2.45, 2.75) is 11.8 Å². The van der Waals surface area contributed by atoms with Crippen molar-refractivity contribution in [1.29, 1.82) is 0 Å². The van der Waals surface area contributed by atoms with E-state index in [1.807, 2.05) is 43.3 Å². The first kappa shape index (κ1) is 17.6. The number of fused-ring (bicyclic) bond motifs is 1. The summed E-state index contributed by atoms with van der Waals surface area (Å²) in [5.74, 6) is 0.730. The van der Waals surface area contributed by atoms with Gasteiger partial charge in [-0.25, -0.2) is 0 Å². The smallest absolute Gasteiger partial charge is 0.234 e. The molecule has 1 aromatic heterocycles. The molecule has 0 aliphatic heterocycles. The SMILES string of the molecule is COc1cc(Cl)c(C)cc1NC(=O)CSc1ccnc2ccccc12. The lowest BCUT2D eigenvalue weighted by atomic mass is 10.2. The molecule has 0 fully saturated rings. The second kappa shape index (κ2) is 7.76. The topological polar surface area (TPSA) is 51.2 Å². The van der Waals surface area contributed by atoms with Crippen LogP contribution in [0, 0.1) is 6.92 Å². The number of hydrogen-bond acceptors (Lipinski definition) is 4. The highest BCUT2D eigenvalue weighted by Gasteiger charge is 2.11. The molecule has 0 atom stereocenters. The maximum absolute atomic E-state index is 12.4. The molecule has 0 aliphatic carbocycles. The first-order chi connectivity index (χ1) is 12.1. The van der Waals surface area contributed by atoms with E-state index in [-0.39, 0.29) is 5.91 Å². The second-order valence-electron chi connectivity index (χ2n) is 5.46. The number of thioether (sulfide) groups is 1. The van der Waals surface area contributed by atoms with Gasteiger partial charge in [0.1, 0.15) is 5.75 Å². The lowest BCUT2D eigenvalue weighted by Gasteiger charge is -2.12. The molecule has 25 heavy (non-hydrogen) atoms. The number of carbonyl (C=O) groups is 1. The second-order valence-corrected chi connectivity index (χ2v) is 6.89. The molecule has 128 valence electrons. The minimum absolute atomic E-state index is 0.106. The predicted octanol–water partition coefficient (Wildman–Crippen LogP) is 4.94. The number of amides is 1. The van der Waals surface area contributed by atoms with E-state index in [9.17, 15) is 4.79 Å². The van der Waals surface area contributed by atoms with E-state index in [1.54, 1.807) is 19.4 Å². The van der Waals surface area contributed by atoms with E-state index in [4.69, 9.17) is 16.3 Å². The van der Waals surface area contributed by atoms with Gasteiger partial charge in [0.25, 0.3) is 0 Å². The molecule has 1 N–H and O–H groups in total. The lowest BCUT2D eigenvalue weighted by molar-refractivity contribution is -0.113. The number of aromatic nitrogens is 1. The van der Waals surface area contributed by atoms with Gasteiger partial charge in [-0.2, -0.15) is 0 Å². The van der Waals surface area contributed by atoms with Crippen LogP contribution < -0.4 is 10.1 Å². The van der Waals surface area contributed by atoms with Gasteiger partial charge in [0.05, 0.1) is 24.1 Å². The van der Waals surface area contributed by atoms with Gasteiger partial charge >= 0.3 is 0 Å². The van der Waals surface area contributed by atoms with E-state index in [0.717, 1.165) is 21.4 Å². The number of ether oxygens (including phenoxy) is 1. The maximum Gasteiger partial charge on any atom is 0.234 e. The van der Waals surface area contributed by atoms with Gasteiger partial charge in [-0.15, -0.1) is 11.8 Å². The van der Waals surface area contributed by atoms with Crippen molar-refractivity contribution in [3.63, 3.8) is 0 Å². The monoisotopic (exact) mass is 372 g/mol. The Morgan fingerprint density at radius 3 is 2.88 bits per heavy atom. The Morgan fingerprint density at radius 1 is 1.28 bits per heavy atom. The number of anilines is 1. The fourth-order valence-corrected chi connectivity index (χ4v) is 3.45. The van der Waals surface area contributed by atoms with E-state index in [1.165, 1.54) is 11.8 Å². The highest BCUT2D eigenvalue weighted by Crippen LogP contribution is 2.31. The van der Waals surface area contributed by atoms with E-state index in [0.29, 0.717) is 22.2 Å². The van der Waals surface area contributed by atoms with Crippen LogP contribution in [0.3, 0.4) is 0 Å². The molecular weight excluding hydrogens is 356 g/mol. The molecule has 3 aromatic rings. The minimum Gasteiger partial charge on any atom is -0.495 e. The van der Waals surface area contributed by atoms with Crippen molar-refractivity contribution in [3.8, 4) is 5.75 Å². The zero-order valence-corrected chi connectivity index (χ0v) is 15.4. The third kappa shape index (κ3) is 4.06. The molecule has 4 nitrogen and oxygen atoms in total. The zero-order valence-electron chi connectivity index (χ0n) is 13.9. The molecule has 3 rings (SSSR count). The molecule has 6 heteroatoms. The lowest BCUT2D eigenvalue weighted by Crippen LogP contribution is -2.15. The van der Waals surface area contributed by atoms with Crippen molar-refractivity contribution >= 4 is 45.9 Å². The molecule has 0 aliphatic rings. The van der Waals surface area contributed by atoms with Crippen molar-refractivity contribution in [2.24, 2.45) is 0 Å². The molecule has 1 amide bonds. The summed E-state index contributed by atoms with van der Waals surface area (Å²) in [5.41, 5.74) is 2.42. The largest absolute Gasteiger partial charge is 0.495 e. The highest BCUT2D eigenvalue weighted by atomic mass is 35.5. The van der Waals surface area contributed by atoms with Crippen LogP contribution >= 0.6 is 23.4 Å². The van der Waals surface area contributed by atoms with Crippen LogP contribution in [0.2, 0.25) is 5.02 Å². The summed E-state index contributed by atoms with van der Waals surface area (Å²) in [5, 5.41) is 4.54. The molecule has 0 spiro atoms. The van der Waals surface area contributed by atoms with E-state index < -0.39 is 0 Å². The van der Waals surface area contributed by atoms with Gasteiger partial charge < -0.3 is 10.1 Å². The Morgan fingerprint density at radius 2 is 2.08 bits per heavy atom. The Bertz CT molecular complexity index is 925. The first-order valence-electron chi connectivity index (χ1n) is 7.69. The summed E-state index contributed by atoms with van der Waals surface area (Å²) in [6, 6.07) is 13.3. The molecule has 0 bridgehead atoms. The number of nitrogens with zero attached hydrogens (tertiary/aromatic N) is 1. The fraction of sp³-hybridized carbons (Fsp3) is 0.158. The number of methoxy groups -OCH3 is 1. The normalized spacial score (nSPS) is 10.7. The standard InChI is InChI=1S/C19H17ClN2O2S/c1-12-9-16(17(24-2)10-14(12)20)22-19(23)11-25-18-7-8-21-15-6-4-3-5-13(15)18/h3-10H,11H2,1-2H3,(H,22,23). The van der Waals surface area contributed by atoms with Crippen molar-refractivity contribution in [1.82, 2.24) is 4.98 Å². The zero-order chi connectivity index (χ0) is 17.8. The van der Waals surface area contributed by atoms with Gasteiger partial charge in [-0.3, -0.25) is 9.78 Å². The number of rotatable bonds is 5. The molecule has 2 aromatic carbocycles. The quantitative estimate of drug-likeness (QED) is 0.645. The van der Waals surface area contributed by atoms with Gasteiger partial charge in [0.15, 0.2) is 0 Å². The van der Waals surface area contributed by atoms with Gasteiger partial charge in [-0.05, 0) is 30.7 Å². The summed E-state index contributed by atoms with van der Waals surface area (Å²) >= 11 is 7.57. The van der Waals surface area contributed by atoms with Crippen molar-refractivity contribution in [2.75, 3.05) is 18.2 Å². The van der Waals surface area contributed by atoms with Crippen molar-refractivity contribution < 1.29 is 9.53 Å². The average molecular weight is 373 g/mol. The summed E-state index contributed by atoms with van der Waals surface area (Å²) in [6.07, 6.45) is 1.76. The maximum atomic E-state index is 12.4. The van der Waals surface area contributed by atoms with Gasteiger partial charge in [0, 0.05) is 27.6 Å². The number of benzene rings is 2. The number of hydrogen-bond donors (Lipinski definition) is 1. The molecule has 0 radical (unpaired) electrons. The van der Waals surface area contributed by atoms with Gasteiger partial charge in [0.2, 0.25) is 5.91 Å². The number of nitrogens with one attached hydrogen (secondary N) is 1. The Kier molecular flexibility index (Phi) is 5.46. The summed E-state index contributed by atoms with van der Waals surface area (Å²) in [4.78, 5) is 17.7. The summed E-state index contributed by atoms with van der Waals surface area (Å²) < 4.78 is 5.29. The summed E-state index contributed by atoms with van der Waals surface area (Å²) in [7, 11) is 1.55. The molecule has 0 saturated carbocycles. The third-order valence-electron chi connectivity index (χ3n) is 3.72. The number of para-hydroxylation sites is 1. The number of aryl methyl sites for hydroxylation is 1. The Hall–Kier alpha value is -2.24. The fourth-order valence-electron chi connectivity index (χ4n) is 2.45. The van der Waals surface area contributed by atoms with E-state index in [2.05, 4.69) is 10.3 Å². The van der Waals surface area contributed by atoms with Crippen LogP contribution in [-0.4, -0.2) is 23.8 Å². The van der Waals surface area contributed by atoms with Crippen molar-refractivity contribution in [3.05, 3.63) is 59.2 Å². The molecule has 1 heterocycles. The number of carbonyl (C=O) groups excluding carboxylic acids is 1. The molecule has 0 unspecified atom stereocenters. The van der Waals surface area contributed by atoms with Gasteiger partial charge in [-0.1, -0.05) is 29.8 Å². The van der Waals surface area contributed by atoms with Crippen LogP contribution in [0.4, 0.5) is 5.69 Å². The average Bonchev–Trinajstić information content (AvgIpc) is 2.62. The van der Waals surface area contributed by atoms with Crippen LogP contribution in [0.15, 0.2) is 53.6 Å². The molecule has 0 saturated heterocycles. The van der Waals surface area contributed by atoms with Crippen LogP contribution in [0.5, 0.6) is 5.75 Å². The molecular formula is C19H17ClN2O2S. The minimum atomic E-state index is -0.106. The number of halogens is 1. The predicted molar refractivity (Wildman–Crippen MR) is 104 cm³/mol. The van der Waals surface area contributed by atoms with E-state index >= 15 is 0 Å². The van der Waals surface area contributed by atoms with Crippen LogP contribution in [0.25, 0.3) is 10.9 Å². The van der Waals surface area contributed by atoms with Crippen LogP contribution in [0.1, 0.15) is 5.56 Å². The Labute approximate surface area is 155 Å². The third-order valence-corrected chi connectivity index (χ3v) is 5.20. The van der Waals surface area contributed by atoms with Crippen LogP contribution in [-0.2, 0) is 4.79 Å². The summed E-state index contributed by atoms with van der Waals surface area (Å²) in [6.45, 7) is 1.88. The number of pyridine rings is 1. The highest BCUT2D eigenvalue weighted by molar-refractivity contribution is 8.00. The Balaban J connectivity index is 1.72. The first-order valence-corrected chi connectivity index (χ1v) is 9.05.